The van der Waals surface area contributed by atoms with E-state index in [1.54, 1.807) is 23.2 Å². The zero-order valence-corrected chi connectivity index (χ0v) is 32.7. The molecule has 0 aliphatic carbocycles. The fourth-order valence-electron chi connectivity index (χ4n) is 5.15. The van der Waals surface area contributed by atoms with Crippen LogP contribution in [0.4, 0.5) is 5.69 Å². The number of aromatic nitrogens is 2. The van der Waals surface area contributed by atoms with E-state index in [2.05, 4.69) is 65.6 Å². The average Bonchev–Trinajstić information content (AvgIpc) is 3.88. The molecule has 0 N–H and O–H groups in total. The van der Waals surface area contributed by atoms with Crippen LogP contribution in [0.5, 0.6) is 23.0 Å². The Kier molecular flexibility index (Phi) is 13.5. The van der Waals surface area contributed by atoms with Gasteiger partial charge in [0.25, 0.3) is 6.20 Å². The Labute approximate surface area is 338 Å². The van der Waals surface area contributed by atoms with Crippen LogP contribution in [0.15, 0.2) is 152 Å². The van der Waals surface area contributed by atoms with Crippen LogP contribution in [-0.2, 0) is 42.1 Å². The summed E-state index contributed by atoms with van der Waals surface area (Å²) in [6.07, 6.45) is 15.6. The van der Waals surface area contributed by atoms with Crippen LogP contribution in [-0.4, -0.2) is 31.8 Å². The third-order valence-corrected chi connectivity index (χ3v) is 7.56. The molecule has 0 radical (unpaired) electrons. The smallest absolute Gasteiger partial charge is 0.669 e. The summed E-state index contributed by atoms with van der Waals surface area (Å²) >= 11 is 0. The molecule has 5 aromatic carbocycles. The van der Waals surface area contributed by atoms with Gasteiger partial charge in [-0.15, -0.1) is 53.6 Å². The molecule has 0 fully saturated rings. The maximum absolute atomic E-state index is 6.57. The van der Waals surface area contributed by atoms with Crippen molar-refractivity contribution in [2.24, 2.45) is 0 Å². The van der Waals surface area contributed by atoms with E-state index >= 15 is 0 Å². The van der Waals surface area contributed by atoms with Crippen molar-refractivity contribution in [3.05, 3.63) is 189 Å². The van der Waals surface area contributed by atoms with Crippen molar-refractivity contribution in [1.29, 1.82) is 0 Å². The first-order chi connectivity index (χ1) is 25.1. The number of benzene rings is 5. The van der Waals surface area contributed by atoms with Gasteiger partial charge in [0.15, 0.2) is 7.05 Å². The maximum atomic E-state index is 6.57. The van der Waals surface area contributed by atoms with Crippen molar-refractivity contribution >= 4 is 11.7 Å². The van der Waals surface area contributed by atoms with Gasteiger partial charge in [-0.3, -0.25) is 11.1 Å². The fraction of sp³-hybridized carbons (Fsp3) is 0.0222. The molecule has 0 spiro atoms. The van der Waals surface area contributed by atoms with Gasteiger partial charge in [-0.1, -0.05) is 69.6 Å². The minimum Gasteiger partial charge on any atom is -0.669 e. The predicted molar refractivity (Wildman–Crippen MR) is 195 cm³/mol. The maximum Gasteiger partial charge on any atom is 4.00 e. The minimum atomic E-state index is 0. The van der Waals surface area contributed by atoms with Gasteiger partial charge in [-0.25, -0.2) is 24.2 Å². The van der Waals surface area contributed by atoms with Crippen molar-refractivity contribution < 1.29 is 60.8 Å². The summed E-state index contributed by atoms with van der Waals surface area (Å²) in [5, 5.41) is 0. The topological polar surface area (TPSA) is 42.3 Å². The zero-order valence-electron chi connectivity index (χ0n) is 28.2. The van der Waals surface area contributed by atoms with Crippen LogP contribution < -0.4 is 9.47 Å². The van der Waals surface area contributed by atoms with Crippen LogP contribution in [0, 0.1) is 42.8 Å². The van der Waals surface area contributed by atoms with E-state index in [0.29, 0.717) is 23.0 Å². The van der Waals surface area contributed by atoms with Crippen LogP contribution >= 0.6 is 0 Å². The predicted octanol–water partition coefficient (Wildman–Crippen LogP) is 9.49. The van der Waals surface area contributed by atoms with E-state index in [0.717, 1.165) is 39.2 Å². The molecule has 2 aromatic heterocycles. The van der Waals surface area contributed by atoms with E-state index in [4.69, 9.17) is 15.9 Å². The molecular formula is C45H28N4O2Pt2+2. The van der Waals surface area contributed by atoms with E-state index in [-0.39, 0.29) is 42.1 Å². The van der Waals surface area contributed by atoms with Gasteiger partial charge in [0, 0.05) is 35.4 Å². The molecule has 1 aliphatic rings. The summed E-state index contributed by atoms with van der Waals surface area (Å²) in [5.41, 5.74) is 6.09. The number of ether oxygens (including phenoxy) is 2. The Hall–Kier alpha value is -5.81. The SMILES string of the molecule is C[N+]1=C=[N+](c2[c-]c(Oc3[c-]c(-c4cc(-c5[c-]c(Oc6[c-]cccc6)ccc5)[c-]cn4)ccc3)cc(-c3ccccc3)c2)C=C1.[C-]#Cn1cccc1.[Pt+2].[Pt+4]. The number of pyridine rings is 1. The molecule has 258 valence electrons. The molecule has 8 heteroatoms. The summed E-state index contributed by atoms with van der Waals surface area (Å²) in [6.45, 7) is 0. The van der Waals surface area contributed by atoms with Gasteiger partial charge >= 0.3 is 48.1 Å². The number of para-hydroxylation sites is 1. The molecular weight excluding hydrogens is 1020 g/mol. The largest absolute Gasteiger partial charge is 4.00 e. The summed E-state index contributed by atoms with van der Waals surface area (Å²) < 4.78 is 17.6. The molecule has 0 saturated carbocycles. The van der Waals surface area contributed by atoms with Crippen LogP contribution in [0.1, 0.15) is 0 Å². The number of nitrogens with zero attached hydrogens (tertiary/aromatic N) is 4. The van der Waals surface area contributed by atoms with E-state index in [9.17, 15) is 0 Å². The second-order valence-electron chi connectivity index (χ2n) is 11.2. The second kappa shape index (κ2) is 18.6. The quantitative estimate of drug-likeness (QED) is 0.0867. The van der Waals surface area contributed by atoms with E-state index in [1.807, 2.05) is 132 Å². The van der Waals surface area contributed by atoms with E-state index in [1.165, 1.54) is 0 Å². The summed E-state index contributed by atoms with van der Waals surface area (Å²) in [4.78, 5) is 4.57. The van der Waals surface area contributed by atoms with Gasteiger partial charge < -0.3 is 25.4 Å². The molecule has 0 atom stereocenters. The third kappa shape index (κ3) is 10.2. The Morgan fingerprint density at radius 3 is 2.06 bits per heavy atom. The third-order valence-electron chi connectivity index (χ3n) is 7.56. The van der Waals surface area contributed by atoms with Crippen LogP contribution in [0.2, 0.25) is 0 Å². The second-order valence-corrected chi connectivity index (χ2v) is 11.2. The van der Waals surface area contributed by atoms with Crippen molar-refractivity contribution in [3.8, 4) is 62.6 Å². The van der Waals surface area contributed by atoms with Gasteiger partial charge in [-0.2, -0.15) is 30.3 Å². The van der Waals surface area contributed by atoms with Crippen molar-refractivity contribution in [2.45, 2.75) is 0 Å². The summed E-state index contributed by atoms with van der Waals surface area (Å²) in [5.74, 6) is 2.34. The molecule has 53 heavy (non-hydrogen) atoms. The summed E-state index contributed by atoms with van der Waals surface area (Å²) in [7, 11) is 1.93. The fourth-order valence-corrected chi connectivity index (χ4v) is 5.15. The molecule has 7 aromatic rings. The molecule has 0 amide bonds. The minimum absolute atomic E-state index is 0. The first kappa shape index (κ1) is 38.4. The Morgan fingerprint density at radius 2 is 1.38 bits per heavy atom. The average molecular weight is 1050 g/mol. The van der Waals surface area contributed by atoms with Crippen LogP contribution in [0.25, 0.3) is 33.5 Å². The van der Waals surface area contributed by atoms with Crippen molar-refractivity contribution in [3.63, 3.8) is 0 Å². The first-order valence-corrected chi connectivity index (χ1v) is 16.0. The molecule has 1 aliphatic heterocycles. The molecule has 0 unspecified atom stereocenters. The summed E-state index contributed by atoms with van der Waals surface area (Å²) in [6, 6.07) is 60.7. The standard InChI is InChI=1S/C39H24N3O2.C6H4N.2Pt/c1-41-20-21-42(28-41)34-22-33(29-10-4-2-5-11-29)25-38(27-34)44-37-17-9-13-32(24-37)39-26-31(18-19-40-39)30-12-8-16-36(23-30)43-35-14-6-3-7-15-35;1-2-7-5-3-4-6-7;;/h2-14,16-17,19-22,25-26H,1H3;3-6H;;/q-3;-1;+2;+4. The van der Waals surface area contributed by atoms with Crippen LogP contribution in [0.3, 0.4) is 0 Å². The van der Waals surface area contributed by atoms with Crippen molar-refractivity contribution in [2.75, 3.05) is 7.05 Å². The first-order valence-electron chi connectivity index (χ1n) is 16.0. The molecule has 8 rings (SSSR count). The Bertz CT molecular complexity index is 2430. The Morgan fingerprint density at radius 1 is 0.679 bits per heavy atom. The number of hydrogen-bond acceptors (Lipinski definition) is 3. The monoisotopic (exact) mass is 1050 g/mol. The molecule has 0 bridgehead atoms. The van der Waals surface area contributed by atoms with Gasteiger partial charge in [0.2, 0.25) is 6.20 Å². The molecule has 3 heterocycles. The zero-order chi connectivity index (χ0) is 34.8. The van der Waals surface area contributed by atoms with Gasteiger partial charge in [0.1, 0.15) is 5.69 Å². The van der Waals surface area contributed by atoms with E-state index < -0.39 is 0 Å². The normalized spacial score (nSPS) is 11.0. The molecule has 0 saturated heterocycles. The van der Waals surface area contributed by atoms with Crippen molar-refractivity contribution in [1.82, 2.24) is 9.55 Å². The number of hydrogen-bond donors (Lipinski definition) is 0. The number of rotatable bonds is 8. The van der Waals surface area contributed by atoms with Gasteiger partial charge in [-0.05, 0) is 17.7 Å². The van der Waals surface area contributed by atoms with Gasteiger partial charge in [0.05, 0.1) is 0 Å². The molecule has 6 nitrogen and oxygen atoms in total. The Balaban J connectivity index is 0.000000542.